The molecular formula is C8H5BF4N-. The zero-order valence-electron chi connectivity index (χ0n) is 6.98. The first kappa shape index (κ1) is 10.6. The lowest BCUT2D eigenvalue weighted by molar-refractivity contribution is 0.464. The fourth-order valence-corrected chi connectivity index (χ4v) is 1.03. The Morgan fingerprint density at radius 1 is 1.29 bits per heavy atom. The highest BCUT2D eigenvalue weighted by Crippen LogP contribution is 2.19. The summed E-state index contributed by atoms with van der Waals surface area (Å²) in [7, 11) is 0. The zero-order chi connectivity index (χ0) is 10.8. The summed E-state index contributed by atoms with van der Waals surface area (Å²) in [5, 5.41) is 8.35. The predicted octanol–water partition coefficient (Wildman–Crippen LogP) is 2.63. The van der Waals surface area contributed by atoms with E-state index in [1.54, 1.807) is 6.07 Å². The fraction of sp³-hybridized carbons (Fsp3) is 0.125. The van der Waals surface area contributed by atoms with Gasteiger partial charge in [-0.3, -0.25) is 0 Å². The molecule has 1 nitrogen and oxygen atoms in total. The lowest BCUT2D eigenvalue weighted by atomic mass is 9.81. The molecule has 1 rings (SSSR count). The molecule has 6 heteroatoms. The van der Waals surface area contributed by atoms with E-state index in [0.717, 1.165) is 12.1 Å². The molecule has 0 saturated heterocycles. The maximum absolute atomic E-state index is 12.9. The van der Waals surface area contributed by atoms with Crippen molar-refractivity contribution in [2.75, 3.05) is 0 Å². The summed E-state index contributed by atoms with van der Waals surface area (Å²) in [6.07, 6.45) is -1.25. The van der Waals surface area contributed by atoms with Crippen LogP contribution in [-0.2, 0) is 6.32 Å². The maximum Gasteiger partial charge on any atom is 0.482 e. The van der Waals surface area contributed by atoms with Crippen LogP contribution in [-0.4, -0.2) is 6.98 Å². The van der Waals surface area contributed by atoms with Gasteiger partial charge in [0, 0.05) is 0 Å². The van der Waals surface area contributed by atoms with E-state index in [1.807, 2.05) is 0 Å². The number of benzene rings is 1. The second-order valence-electron chi connectivity index (χ2n) is 2.83. The highest BCUT2D eigenvalue weighted by Gasteiger charge is 2.24. The third kappa shape index (κ3) is 2.77. The normalized spacial score (nSPS) is 11.1. The van der Waals surface area contributed by atoms with Crippen molar-refractivity contribution in [3.8, 4) is 6.07 Å². The molecule has 0 aliphatic carbocycles. The van der Waals surface area contributed by atoms with Gasteiger partial charge >= 0.3 is 6.98 Å². The van der Waals surface area contributed by atoms with E-state index >= 15 is 0 Å². The minimum atomic E-state index is -5.04. The molecule has 0 saturated carbocycles. The summed E-state index contributed by atoms with van der Waals surface area (Å²) < 4.78 is 48.7. The SMILES string of the molecule is N#Cc1ccc(C[B-](F)(F)F)c(F)c1. The van der Waals surface area contributed by atoms with E-state index in [9.17, 15) is 17.3 Å². The zero-order valence-corrected chi connectivity index (χ0v) is 6.98. The van der Waals surface area contributed by atoms with Crippen molar-refractivity contribution in [3.05, 3.63) is 35.1 Å². The van der Waals surface area contributed by atoms with E-state index in [0.29, 0.717) is 0 Å². The average molecular weight is 202 g/mol. The minimum Gasteiger partial charge on any atom is -0.449 e. The molecule has 0 N–H and O–H groups in total. The number of nitriles is 1. The van der Waals surface area contributed by atoms with Crippen LogP contribution in [0.25, 0.3) is 0 Å². The minimum absolute atomic E-state index is 0.0147. The molecule has 1 aromatic carbocycles. The molecule has 0 spiro atoms. The van der Waals surface area contributed by atoms with Crippen molar-refractivity contribution in [2.45, 2.75) is 6.32 Å². The van der Waals surface area contributed by atoms with Crippen LogP contribution < -0.4 is 0 Å². The Bertz CT molecular complexity index is 380. The third-order valence-corrected chi connectivity index (χ3v) is 1.63. The van der Waals surface area contributed by atoms with Gasteiger partial charge in [0.2, 0.25) is 0 Å². The van der Waals surface area contributed by atoms with Gasteiger partial charge in [0.25, 0.3) is 0 Å². The number of nitrogens with zero attached hydrogens (tertiary/aromatic N) is 1. The molecule has 0 aliphatic heterocycles. The Kier molecular flexibility index (Phi) is 2.80. The van der Waals surface area contributed by atoms with Crippen molar-refractivity contribution >= 4 is 6.98 Å². The molecular weight excluding hydrogens is 197 g/mol. The van der Waals surface area contributed by atoms with Crippen LogP contribution in [0.4, 0.5) is 17.3 Å². The molecule has 0 bridgehead atoms. The van der Waals surface area contributed by atoms with Gasteiger partial charge in [-0.05, 0) is 17.7 Å². The molecule has 0 unspecified atom stereocenters. The van der Waals surface area contributed by atoms with E-state index in [1.165, 1.54) is 6.07 Å². The molecule has 0 atom stereocenters. The number of hydrogen-bond donors (Lipinski definition) is 0. The molecule has 14 heavy (non-hydrogen) atoms. The first-order valence-corrected chi connectivity index (χ1v) is 3.82. The van der Waals surface area contributed by atoms with Crippen LogP contribution in [0.5, 0.6) is 0 Å². The Morgan fingerprint density at radius 2 is 1.93 bits per heavy atom. The standard InChI is InChI=1S/C8H5BF4N/c10-8-3-6(5-14)1-2-7(8)4-9(11,12)13/h1-3H,4H2/q-1. The Balaban J connectivity index is 2.97. The largest absolute Gasteiger partial charge is 0.482 e. The van der Waals surface area contributed by atoms with Crippen LogP contribution in [0.1, 0.15) is 11.1 Å². The quantitative estimate of drug-likeness (QED) is 0.534. The van der Waals surface area contributed by atoms with Gasteiger partial charge in [-0.25, -0.2) is 4.39 Å². The summed E-state index contributed by atoms with van der Waals surface area (Å²) >= 11 is 0. The van der Waals surface area contributed by atoms with Crippen molar-refractivity contribution < 1.29 is 17.3 Å². The lowest BCUT2D eigenvalue weighted by Crippen LogP contribution is -2.20. The van der Waals surface area contributed by atoms with E-state index < -0.39 is 24.7 Å². The maximum atomic E-state index is 12.9. The van der Waals surface area contributed by atoms with Gasteiger partial charge in [0.1, 0.15) is 5.82 Å². The third-order valence-electron chi connectivity index (χ3n) is 1.63. The highest BCUT2D eigenvalue weighted by molar-refractivity contribution is 6.57. The lowest BCUT2D eigenvalue weighted by Gasteiger charge is -2.13. The van der Waals surface area contributed by atoms with Crippen molar-refractivity contribution in [2.24, 2.45) is 0 Å². The molecule has 0 aliphatic rings. The van der Waals surface area contributed by atoms with Gasteiger partial charge in [0.05, 0.1) is 11.6 Å². The molecule has 74 valence electrons. The molecule has 0 aromatic heterocycles. The molecule has 0 amide bonds. The van der Waals surface area contributed by atoms with Gasteiger partial charge in [-0.15, -0.1) is 0 Å². The van der Waals surface area contributed by atoms with Crippen LogP contribution in [0, 0.1) is 17.1 Å². The van der Waals surface area contributed by atoms with Crippen LogP contribution in [0.3, 0.4) is 0 Å². The van der Waals surface area contributed by atoms with Gasteiger partial charge in [0.15, 0.2) is 0 Å². The first-order valence-electron chi connectivity index (χ1n) is 3.82. The predicted molar refractivity (Wildman–Crippen MR) is 43.9 cm³/mol. The van der Waals surface area contributed by atoms with Crippen LogP contribution in [0.2, 0.25) is 0 Å². The Morgan fingerprint density at radius 3 is 2.36 bits per heavy atom. The van der Waals surface area contributed by atoms with E-state index in [4.69, 9.17) is 5.26 Å². The van der Waals surface area contributed by atoms with E-state index in [2.05, 4.69) is 0 Å². The molecule has 0 fully saturated rings. The summed E-state index contributed by atoms with van der Waals surface area (Å²) in [6, 6.07) is 4.60. The molecule has 1 aromatic rings. The van der Waals surface area contributed by atoms with Crippen LogP contribution in [0.15, 0.2) is 18.2 Å². The second-order valence-corrected chi connectivity index (χ2v) is 2.83. The van der Waals surface area contributed by atoms with Gasteiger partial charge < -0.3 is 12.9 Å². The summed E-state index contributed by atoms with van der Waals surface area (Å²) in [5.41, 5.74) is -0.405. The summed E-state index contributed by atoms with van der Waals surface area (Å²) in [4.78, 5) is 0. The second kappa shape index (κ2) is 3.70. The van der Waals surface area contributed by atoms with Gasteiger partial charge in [-0.1, -0.05) is 12.4 Å². The number of rotatable bonds is 2. The van der Waals surface area contributed by atoms with Crippen LogP contribution >= 0.6 is 0 Å². The van der Waals surface area contributed by atoms with E-state index in [-0.39, 0.29) is 5.56 Å². The fourth-order valence-electron chi connectivity index (χ4n) is 1.03. The first-order chi connectivity index (χ1) is 6.42. The molecule has 0 heterocycles. The number of halogens is 4. The average Bonchev–Trinajstić information content (AvgIpc) is 2.06. The number of hydrogen-bond acceptors (Lipinski definition) is 1. The van der Waals surface area contributed by atoms with Crippen molar-refractivity contribution in [3.63, 3.8) is 0 Å². The monoisotopic (exact) mass is 202 g/mol. The van der Waals surface area contributed by atoms with Crippen molar-refractivity contribution in [1.82, 2.24) is 0 Å². The summed E-state index contributed by atoms with van der Waals surface area (Å²) in [5.74, 6) is -0.983. The smallest absolute Gasteiger partial charge is 0.449 e. The topological polar surface area (TPSA) is 23.8 Å². The summed E-state index contributed by atoms with van der Waals surface area (Å²) in [6.45, 7) is -5.04. The van der Waals surface area contributed by atoms with Crippen molar-refractivity contribution in [1.29, 1.82) is 5.26 Å². The molecule has 0 radical (unpaired) electrons. The Hall–Kier alpha value is -1.51. The highest BCUT2D eigenvalue weighted by atomic mass is 19.4. The van der Waals surface area contributed by atoms with Gasteiger partial charge in [-0.2, -0.15) is 5.26 Å². The Labute approximate surface area is 78.0 Å².